The molecule has 1 fully saturated rings. The predicted molar refractivity (Wildman–Crippen MR) is 71.6 cm³/mol. The van der Waals surface area contributed by atoms with E-state index in [0.717, 1.165) is 31.6 Å². The van der Waals surface area contributed by atoms with E-state index in [9.17, 15) is 5.11 Å². The summed E-state index contributed by atoms with van der Waals surface area (Å²) in [6, 6.07) is 7.70. The number of hydrogen-bond donors (Lipinski definition) is 2. The molecular weight excluding hydrogens is 226 g/mol. The van der Waals surface area contributed by atoms with Crippen molar-refractivity contribution in [2.75, 3.05) is 19.6 Å². The lowest BCUT2D eigenvalue weighted by Crippen LogP contribution is -2.41. The monoisotopic (exact) mass is 245 g/mol. The highest BCUT2D eigenvalue weighted by molar-refractivity contribution is 5.89. The fourth-order valence-electron chi connectivity index (χ4n) is 2.92. The first kappa shape index (κ1) is 11.5. The molecule has 2 N–H and O–H groups in total. The first-order valence-corrected chi connectivity index (χ1v) is 6.61. The number of benzene rings is 1. The number of likely N-dealkylation sites (tertiary alicyclic amines) is 1. The smallest absolute Gasteiger partial charge is 0.115 e. The quantitative estimate of drug-likeness (QED) is 0.834. The Morgan fingerprint density at radius 2 is 2.39 bits per heavy atom. The minimum absolute atomic E-state index is 0.210. The minimum Gasteiger partial charge on any atom is -0.508 e. The lowest BCUT2D eigenvalue weighted by Gasteiger charge is -2.32. The van der Waals surface area contributed by atoms with Crippen molar-refractivity contribution in [2.24, 2.45) is 11.0 Å². The first-order valence-electron chi connectivity index (χ1n) is 6.61. The molecule has 4 nitrogen and oxygen atoms in total. The van der Waals surface area contributed by atoms with Gasteiger partial charge in [0.05, 0.1) is 6.04 Å². The molecule has 2 unspecified atom stereocenters. The van der Waals surface area contributed by atoms with Gasteiger partial charge in [-0.3, -0.25) is 0 Å². The third-order valence-electron chi connectivity index (χ3n) is 3.99. The van der Waals surface area contributed by atoms with Gasteiger partial charge >= 0.3 is 0 Å². The SMILES string of the molecule is CCN1CCC2=NNC(c3cccc(O)c3)C2C1. The standard InChI is InChI=1S/C14H19N3O/c1-2-17-7-6-13-12(9-17)14(16-15-13)10-4-3-5-11(18)8-10/h3-5,8,12,14,16,18H,2,6-7,9H2,1H3. The maximum Gasteiger partial charge on any atom is 0.115 e. The Hall–Kier alpha value is -1.55. The van der Waals surface area contributed by atoms with Gasteiger partial charge in [-0.25, -0.2) is 0 Å². The van der Waals surface area contributed by atoms with Gasteiger partial charge in [0.15, 0.2) is 0 Å². The Morgan fingerprint density at radius 1 is 1.50 bits per heavy atom. The van der Waals surface area contributed by atoms with Crippen LogP contribution in [0.5, 0.6) is 5.75 Å². The molecule has 0 radical (unpaired) electrons. The molecule has 3 rings (SSSR count). The molecule has 0 aromatic heterocycles. The number of hydrogen-bond acceptors (Lipinski definition) is 4. The number of fused-ring (bicyclic) bond motifs is 1. The molecule has 2 aliphatic rings. The maximum atomic E-state index is 9.59. The van der Waals surface area contributed by atoms with Crippen LogP contribution in [0.3, 0.4) is 0 Å². The molecule has 1 aromatic rings. The third-order valence-corrected chi connectivity index (χ3v) is 3.99. The van der Waals surface area contributed by atoms with Crippen LogP contribution in [0.2, 0.25) is 0 Å². The zero-order chi connectivity index (χ0) is 12.5. The molecule has 2 atom stereocenters. The summed E-state index contributed by atoms with van der Waals surface area (Å²) in [7, 11) is 0. The number of piperidine rings is 1. The van der Waals surface area contributed by atoms with Crippen molar-refractivity contribution in [2.45, 2.75) is 19.4 Å². The topological polar surface area (TPSA) is 47.9 Å². The van der Waals surface area contributed by atoms with Crippen molar-refractivity contribution >= 4 is 5.71 Å². The van der Waals surface area contributed by atoms with Gasteiger partial charge in [0.1, 0.15) is 5.75 Å². The molecule has 0 aliphatic carbocycles. The fourth-order valence-corrected chi connectivity index (χ4v) is 2.92. The predicted octanol–water partition coefficient (Wildman–Crippen LogP) is 1.73. The average Bonchev–Trinajstić information content (AvgIpc) is 2.81. The van der Waals surface area contributed by atoms with Crippen LogP contribution in [-0.4, -0.2) is 35.4 Å². The highest BCUT2D eigenvalue weighted by Crippen LogP contribution is 2.33. The normalized spacial score (nSPS) is 27.5. The van der Waals surface area contributed by atoms with E-state index in [1.54, 1.807) is 6.07 Å². The molecule has 1 aromatic carbocycles. The Morgan fingerprint density at radius 3 is 3.17 bits per heavy atom. The number of aromatic hydroxyl groups is 1. The van der Waals surface area contributed by atoms with Crippen molar-refractivity contribution in [3.63, 3.8) is 0 Å². The van der Waals surface area contributed by atoms with Crippen molar-refractivity contribution < 1.29 is 5.11 Å². The summed E-state index contributed by atoms with van der Waals surface area (Å²) >= 11 is 0. The second-order valence-corrected chi connectivity index (χ2v) is 5.05. The number of nitrogens with one attached hydrogen (secondary N) is 1. The summed E-state index contributed by atoms with van der Waals surface area (Å²) in [5.41, 5.74) is 5.64. The van der Waals surface area contributed by atoms with Crippen molar-refractivity contribution in [3.05, 3.63) is 29.8 Å². The van der Waals surface area contributed by atoms with E-state index in [2.05, 4.69) is 28.4 Å². The largest absolute Gasteiger partial charge is 0.508 e. The molecule has 1 saturated heterocycles. The maximum absolute atomic E-state index is 9.59. The summed E-state index contributed by atoms with van der Waals surface area (Å²) < 4.78 is 0. The van der Waals surface area contributed by atoms with Gasteiger partial charge in [0.2, 0.25) is 0 Å². The van der Waals surface area contributed by atoms with Gasteiger partial charge < -0.3 is 15.4 Å². The van der Waals surface area contributed by atoms with Crippen LogP contribution in [0.1, 0.15) is 24.9 Å². The Kier molecular flexibility index (Phi) is 2.96. The van der Waals surface area contributed by atoms with Crippen LogP contribution < -0.4 is 5.43 Å². The second-order valence-electron chi connectivity index (χ2n) is 5.05. The van der Waals surface area contributed by atoms with Gasteiger partial charge in [-0.2, -0.15) is 5.10 Å². The van der Waals surface area contributed by atoms with Gasteiger partial charge in [-0.15, -0.1) is 0 Å². The minimum atomic E-state index is 0.210. The summed E-state index contributed by atoms with van der Waals surface area (Å²) in [6.45, 7) is 5.47. The van der Waals surface area contributed by atoms with Gasteiger partial charge in [0, 0.05) is 31.1 Å². The number of phenolic OH excluding ortho intramolecular Hbond substituents is 1. The number of rotatable bonds is 2. The highest BCUT2D eigenvalue weighted by atomic mass is 16.3. The van der Waals surface area contributed by atoms with E-state index in [1.807, 2.05) is 12.1 Å². The van der Waals surface area contributed by atoms with Crippen LogP contribution in [0.25, 0.3) is 0 Å². The number of phenols is 1. The molecule has 0 bridgehead atoms. The molecule has 0 amide bonds. The molecule has 2 aliphatic heterocycles. The number of hydrazone groups is 1. The van der Waals surface area contributed by atoms with E-state index in [-0.39, 0.29) is 6.04 Å². The zero-order valence-corrected chi connectivity index (χ0v) is 10.6. The average molecular weight is 245 g/mol. The fraction of sp³-hybridized carbons (Fsp3) is 0.500. The van der Waals surface area contributed by atoms with E-state index in [1.165, 1.54) is 5.71 Å². The van der Waals surface area contributed by atoms with Crippen molar-refractivity contribution in [1.82, 2.24) is 10.3 Å². The molecule has 0 spiro atoms. The molecule has 18 heavy (non-hydrogen) atoms. The molecule has 2 heterocycles. The van der Waals surface area contributed by atoms with Gasteiger partial charge in [0.25, 0.3) is 0 Å². The lowest BCUT2D eigenvalue weighted by molar-refractivity contribution is 0.238. The van der Waals surface area contributed by atoms with E-state index in [4.69, 9.17) is 0 Å². The molecule has 0 saturated carbocycles. The lowest BCUT2D eigenvalue weighted by atomic mass is 9.86. The Bertz CT molecular complexity index is 472. The van der Waals surface area contributed by atoms with Crippen LogP contribution in [0.4, 0.5) is 0 Å². The van der Waals surface area contributed by atoms with E-state index >= 15 is 0 Å². The van der Waals surface area contributed by atoms with Gasteiger partial charge in [-0.05, 0) is 24.2 Å². The van der Waals surface area contributed by atoms with Crippen LogP contribution in [0.15, 0.2) is 29.4 Å². The van der Waals surface area contributed by atoms with Crippen LogP contribution >= 0.6 is 0 Å². The molecule has 96 valence electrons. The third kappa shape index (κ3) is 1.97. The van der Waals surface area contributed by atoms with E-state index < -0.39 is 0 Å². The Balaban J connectivity index is 1.83. The van der Waals surface area contributed by atoms with Crippen molar-refractivity contribution in [1.29, 1.82) is 0 Å². The summed E-state index contributed by atoms with van der Waals surface area (Å²) in [4.78, 5) is 2.46. The zero-order valence-electron chi connectivity index (χ0n) is 10.6. The van der Waals surface area contributed by atoms with Crippen molar-refractivity contribution in [3.8, 4) is 5.75 Å². The van der Waals surface area contributed by atoms with Crippen LogP contribution in [-0.2, 0) is 0 Å². The van der Waals surface area contributed by atoms with E-state index in [0.29, 0.717) is 11.7 Å². The molecule has 4 heteroatoms. The highest BCUT2D eigenvalue weighted by Gasteiger charge is 2.36. The Labute approximate surface area is 107 Å². The van der Waals surface area contributed by atoms with Crippen LogP contribution in [0, 0.1) is 5.92 Å². The first-order chi connectivity index (χ1) is 8.78. The second kappa shape index (κ2) is 4.61. The van der Waals surface area contributed by atoms with Gasteiger partial charge in [-0.1, -0.05) is 19.1 Å². The molecular formula is C14H19N3O. The summed E-state index contributed by atoms with van der Waals surface area (Å²) in [5, 5.41) is 14.1. The number of nitrogens with zero attached hydrogens (tertiary/aromatic N) is 2. The summed E-state index contributed by atoms with van der Waals surface area (Å²) in [6.07, 6.45) is 1.06. The summed E-state index contributed by atoms with van der Waals surface area (Å²) in [5.74, 6) is 0.770.